The SMILES string of the molecule is N#Cc1nnc(S[C@H]2OC(CO)[C@H](O)C(n3cc(-c4cc(F)c(F)c(F)c4)nn3)[C@@H]2O)cc1Cl. The number of nitriles is 1. The summed E-state index contributed by atoms with van der Waals surface area (Å²) < 4.78 is 47.1. The molecule has 2 aromatic heterocycles. The van der Waals surface area contributed by atoms with E-state index in [0.29, 0.717) is 0 Å². The molecule has 1 aromatic carbocycles. The smallest absolute Gasteiger partial charge is 0.194 e. The molecule has 0 bridgehead atoms. The molecule has 0 radical (unpaired) electrons. The van der Waals surface area contributed by atoms with Crippen LogP contribution in [0.5, 0.6) is 0 Å². The second-order valence-electron chi connectivity index (χ2n) is 7.14. The normalized spacial score (nSPS) is 24.7. The van der Waals surface area contributed by atoms with E-state index in [-0.39, 0.29) is 27.0 Å². The Kier molecular flexibility index (Phi) is 7.03. The lowest BCUT2D eigenvalue weighted by molar-refractivity contribution is -0.178. The first-order valence-corrected chi connectivity index (χ1v) is 10.8. The predicted molar refractivity (Wildman–Crippen MR) is 110 cm³/mol. The minimum atomic E-state index is -1.64. The van der Waals surface area contributed by atoms with Gasteiger partial charge in [0.2, 0.25) is 0 Å². The average Bonchev–Trinajstić information content (AvgIpc) is 3.29. The molecule has 0 spiro atoms. The number of hydrogen-bond donors (Lipinski definition) is 3. The molecule has 4 rings (SSSR count). The fraction of sp³-hybridized carbons (Fsp3) is 0.316. The Balaban J connectivity index is 1.63. The first-order chi connectivity index (χ1) is 16.2. The van der Waals surface area contributed by atoms with Crippen molar-refractivity contribution in [1.82, 2.24) is 25.2 Å². The zero-order valence-electron chi connectivity index (χ0n) is 16.8. The molecular formula is C19H14ClF3N6O4S. The van der Waals surface area contributed by atoms with Crippen LogP contribution in [0.1, 0.15) is 11.7 Å². The van der Waals surface area contributed by atoms with E-state index in [1.165, 1.54) is 12.3 Å². The highest BCUT2D eigenvalue weighted by atomic mass is 35.5. The molecule has 3 aromatic rings. The van der Waals surface area contributed by atoms with E-state index < -0.39 is 53.8 Å². The van der Waals surface area contributed by atoms with Gasteiger partial charge in [-0.15, -0.1) is 15.3 Å². The predicted octanol–water partition coefficient (Wildman–Crippen LogP) is 1.45. The minimum Gasteiger partial charge on any atom is -0.394 e. The fourth-order valence-corrected chi connectivity index (χ4v) is 4.60. The van der Waals surface area contributed by atoms with Crippen LogP contribution >= 0.6 is 23.4 Å². The van der Waals surface area contributed by atoms with Crippen molar-refractivity contribution < 1.29 is 33.2 Å². The second kappa shape index (κ2) is 9.82. The van der Waals surface area contributed by atoms with E-state index in [1.807, 2.05) is 0 Å². The van der Waals surface area contributed by atoms with Gasteiger partial charge in [0.05, 0.1) is 17.8 Å². The lowest BCUT2D eigenvalue weighted by atomic mass is 9.97. The third-order valence-corrected chi connectivity index (χ3v) is 6.36. The van der Waals surface area contributed by atoms with Crippen molar-refractivity contribution in [3.8, 4) is 17.3 Å². The fourth-order valence-electron chi connectivity index (χ4n) is 3.34. The highest BCUT2D eigenvalue weighted by molar-refractivity contribution is 7.99. The van der Waals surface area contributed by atoms with Crippen LogP contribution in [-0.4, -0.2) is 70.9 Å². The number of benzene rings is 1. The standard InChI is InChI=1S/C19H14ClF3N6O4S/c20-8-3-14(27-25-11(8)4-24)34-19-18(32)16(17(31)13(6-30)33-19)29-5-12(26-28-29)7-1-9(21)15(23)10(22)2-7/h1-3,5,13,16-19,30-32H,6H2/t13?,16?,17-,18-,19+/m0/s1. The molecule has 2 unspecified atom stereocenters. The molecular weight excluding hydrogens is 501 g/mol. The van der Waals surface area contributed by atoms with Crippen LogP contribution in [0.15, 0.2) is 29.4 Å². The van der Waals surface area contributed by atoms with Crippen molar-refractivity contribution in [3.05, 3.63) is 52.6 Å². The number of rotatable bonds is 5. The first-order valence-electron chi connectivity index (χ1n) is 9.52. The number of thioether (sulfide) groups is 1. The van der Waals surface area contributed by atoms with E-state index >= 15 is 0 Å². The summed E-state index contributed by atoms with van der Waals surface area (Å²) >= 11 is 6.83. The maximum atomic E-state index is 13.6. The Morgan fingerprint density at radius 2 is 1.82 bits per heavy atom. The summed E-state index contributed by atoms with van der Waals surface area (Å²) in [5.41, 5.74) is -1.37. The van der Waals surface area contributed by atoms with E-state index in [2.05, 4.69) is 20.5 Å². The second-order valence-corrected chi connectivity index (χ2v) is 8.67. The Morgan fingerprint density at radius 3 is 2.44 bits per heavy atom. The lowest BCUT2D eigenvalue weighted by Gasteiger charge is -2.41. The number of nitrogens with zero attached hydrogens (tertiary/aromatic N) is 6. The van der Waals surface area contributed by atoms with Crippen LogP contribution in [0, 0.1) is 28.8 Å². The molecule has 0 amide bonds. The van der Waals surface area contributed by atoms with Crippen molar-refractivity contribution in [2.45, 2.75) is 34.8 Å². The van der Waals surface area contributed by atoms with E-state index in [0.717, 1.165) is 28.6 Å². The van der Waals surface area contributed by atoms with E-state index in [1.54, 1.807) is 6.07 Å². The minimum absolute atomic E-state index is 0.0280. The highest BCUT2D eigenvalue weighted by Gasteiger charge is 2.46. The van der Waals surface area contributed by atoms with E-state index in [4.69, 9.17) is 21.6 Å². The van der Waals surface area contributed by atoms with Crippen molar-refractivity contribution in [2.24, 2.45) is 0 Å². The Labute approximate surface area is 198 Å². The molecule has 3 N–H and O–H groups in total. The maximum absolute atomic E-state index is 13.6. The number of aromatic nitrogens is 5. The molecule has 0 saturated carbocycles. The quantitative estimate of drug-likeness (QED) is 0.427. The average molecular weight is 515 g/mol. The topological polar surface area (TPSA) is 150 Å². The van der Waals surface area contributed by atoms with Crippen LogP contribution in [0.2, 0.25) is 5.02 Å². The van der Waals surface area contributed by atoms with Gasteiger partial charge in [-0.2, -0.15) is 5.26 Å². The van der Waals surface area contributed by atoms with Gasteiger partial charge < -0.3 is 20.1 Å². The van der Waals surface area contributed by atoms with Crippen LogP contribution in [0.3, 0.4) is 0 Å². The third-order valence-electron chi connectivity index (χ3n) is 5.01. The summed E-state index contributed by atoms with van der Waals surface area (Å²) in [6, 6.07) is 3.35. The summed E-state index contributed by atoms with van der Waals surface area (Å²) in [7, 11) is 0. The number of aliphatic hydroxyl groups is 3. The molecule has 5 atom stereocenters. The molecule has 0 aliphatic carbocycles. The summed E-state index contributed by atoms with van der Waals surface area (Å²) in [6.45, 7) is -0.614. The monoisotopic (exact) mass is 514 g/mol. The van der Waals surface area contributed by atoms with Gasteiger partial charge in [-0.3, -0.25) is 0 Å². The van der Waals surface area contributed by atoms with Crippen LogP contribution < -0.4 is 0 Å². The van der Waals surface area contributed by atoms with Crippen molar-refractivity contribution >= 4 is 23.4 Å². The molecule has 15 heteroatoms. The zero-order valence-corrected chi connectivity index (χ0v) is 18.3. The van der Waals surface area contributed by atoms with Crippen molar-refractivity contribution in [3.63, 3.8) is 0 Å². The molecule has 3 heterocycles. The number of halogens is 4. The highest BCUT2D eigenvalue weighted by Crippen LogP contribution is 2.38. The zero-order chi connectivity index (χ0) is 24.6. The Morgan fingerprint density at radius 1 is 1.12 bits per heavy atom. The molecule has 1 aliphatic rings. The van der Waals surface area contributed by atoms with Crippen LogP contribution in [0.25, 0.3) is 11.3 Å². The van der Waals surface area contributed by atoms with E-state index in [9.17, 15) is 28.5 Å². The van der Waals surface area contributed by atoms with Gasteiger partial charge in [-0.1, -0.05) is 28.6 Å². The van der Waals surface area contributed by atoms with Gasteiger partial charge in [-0.05, 0) is 18.2 Å². The molecule has 1 saturated heterocycles. The Hall–Kier alpha value is -2.80. The molecule has 178 valence electrons. The largest absolute Gasteiger partial charge is 0.394 e. The maximum Gasteiger partial charge on any atom is 0.194 e. The Bertz CT molecular complexity index is 1240. The molecule has 1 aliphatic heterocycles. The molecule has 1 fully saturated rings. The van der Waals surface area contributed by atoms with Gasteiger partial charge >= 0.3 is 0 Å². The number of aliphatic hydroxyl groups excluding tert-OH is 3. The van der Waals surface area contributed by atoms with Gasteiger partial charge in [-0.25, -0.2) is 17.9 Å². The van der Waals surface area contributed by atoms with Gasteiger partial charge in [0.15, 0.2) is 23.1 Å². The summed E-state index contributed by atoms with van der Waals surface area (Å²) in [6.07, 6.45) is -2.86. The van der Waals surface area contributed by atoms with Crippen molar-refractivity contribution in [1.29, 1.82) is 5.26 Å². The number of ether oxygens (including phenoxy) is 1. The van der Waals surface area contributed by atoms with Gasteiger partial charge in [0.25, 0.3) is 0 Å². The van der Waals surface area contributed by atoms with Gasteiger partial charge in [0, 0.05) is 5.56 Å². The molecule has 10 nitrogen and oxygen atoms in total. The number of hydrogen-bond acceptors (Lipinski definition) is 10. The third kappa shape index (κ3) is 4.58. The summed E-state index contributed by atoms with van der Waals surface area (Å²) in [5, 5.41) is 55.5. The summed E-state index contributed by atoms with van der Waals surface area (Å²) in [4.78, 5) is 0. The van der Waals surface area contributed by atoms with Crippen molar-refractivity contribution in [2.75, 3.05) is 6.61 Å². The molecule has 34 heavy (non-hydrogen) atoms. The van der Waals surface area contributed by atoms with Gasteiger partial charge in [0.1, 0.15) is 46.6 Å². The van der Waals surface area contributed by atoms with Crippen LogP contribution in [-0.2, 0) is 4.74 Å². The van der Waals surface area contributed by atoms with Crippen LogP contribution in [0.4, 0.5) is 13.2 Å². The lowest BCUT2D eigenvalue weighted by Crippen LogP contribution is -2.55. The summed E-state index contributed by atoms with van der Waals surface area (Å²) in [5.74, 6) is -4.48. The first kappa shape index (κ1) is 24.3.